The summed E-state index contributed by atoms with van der Waals surface area (Å²) in [7, 11) is 1.62. The van der Waals surface area contributed by atoms with Crippen molar-refractivity contribution in [2.45, 2.75) is 39.2 Å². The normalized spacial score (nSPS) is 17.7. The summed E-state index contributed by atoms with van der Waals surface area (Å²) < 4.78 is 17.4. The Morgan fingerprint density at radius 1 is 1.20 bits per heavy atom. The van der Waals surface area contributed by atoms with Crippen molar-refractivity contribution >= 4 is 17.9 Å². The Hall–Kier alpha value is -3.25. The number of hydrogen-bond donors (Lipinski definition) is 1. The summed E-state index contributed by atoms with van der Waals surface area (Å²) in [6.45, 7) is 9.86. The van der Waals surface area contributed by atoms with E-state index in [1.807, 2.05) is 38.1 Å². The van der Waals surface area contributed by atoms with Crippen LogP contribution in [0.25, 0.3) is 12.2 Å². The quantitative estimate of drug-likeness (QED) is 0.395. The molecule has 2 aromatic carbocycles. The number of phenols is 1. The second-order valence-electron chi connectivity index (χ2n) is 9.89. The molecule has 0 radical (unpaired) electrons. The van der Waals surface area contributed by atoms with Crippen LogP contribution in [0, 0.1) is 5.92 Å². The first-order valence-corrected chi connectivity index (χ1v) is 12.3. The van der Waals surface area contributed by atoms with Gasteiger partial charge in [-0.25, -0.2) is 0 Å². The number of likely N-dealkylation sites (tertiary alicyclic amines) is 1. The molecule has 1 fully saturated rings. The number of piperidine rings is 1. The third kappa shape index (κ3) is 6.06. The van der Waals surface area contributed by atoms with E-state index in [0.717, 1.165) is 31.1 Å². The molecule has 1 N–H and O–H groups in total. The van der Waals surface area contributed by atoms with Crippen LogP contribution in [0.2, 0.25) is 0 Å². The Morgan fingerprint density at radius 2 is 1.97 bits per heavy atom. The predicted molar refractivity (Wildman–Crippen MR) is 139 cm³/mol. The van der Waals surface area contributed by atoms with Gasteiger partial charge < -0.3 is 19.3 Å². The van der Waals surface area contributed by atoms with Crippen molar-refractivity contribution in [2.75, 3.05) is 33.4 Å². The zero-order valence-electron chi connectivity index (χ0n) is 21.0. The van der Waals surface area contributed by atoms with Crippen molar-refractivity contribution in [3.05, 3.63) is 59.2 Å². The van der Waals surface area contributed by atoms with Crippen LogP contribution in [0.1, 0.15) is 55.1 Å². The smallest absolute Gasteiger partial charge is 0.189 e. The number of ether oxygens (including phenoxy) is 3. The average Bonchev–Trinajstić information content (AvgIpc) is 2.83. The highest BCUT2D eigenvalue weighted by Crippen LogP contribution is 2.38. The van der Waals surface area contributed by atoms with Gasteiger partial charge in [-0.2, -0.15) is 0 Å². The fourth-order valence-corrected chi connectivity index (χ4v) is 4.38. The van der Waals surface area contributed by atoms with Gasteiger partial charge in [0.2, 0.25) is 0 Å². The molecular formula is C29H35NO5. The summed E-state index contributed by atoms with van der Waals surface area (Å²) in [5.74, 6) is 2.30. The molecule has 0 saturated carbocycles. The zero-order chi connectivity index (χ0) is 25.0. The summed E-state index contributed by atoms with van der Waals surface area (Å²) in [5.41, 5.74) is 1.11. The van der Waals surface area contributed by atoms with Crippen LogP contribution in [0.15, 0.2) is 42.5 Å². The highest BCUT2D eigenvalue weighted by molar-refractivity contribution is 6.09. The predicted octanol–water partition coefficient (Wildman–Crippen LogP) is 5.59. The van der Waals surface area contributed by atoms with Crippen molar-refractivity contribution < 1.29 is 24.1 Å². The Morgan fingerprint density at radius 3 is 2.71 bits per heavy atom. The van der Waals surface area contributed by atoms with Crippen molar-refractivity contribution in [3.8, 4) is 23.0 Å². The van der Waals surface area contributed by atoms with Crippen LogP contribution < -0.4 is 14.2 Å². The van der Waals surface area contributed by atoms with Crippen molar-refractivity contribution in [1.29, 1.82) is 0 Å². The molecule has 2 aromatic rings. The average molecular weight is 478 g/mol. The van der Waals surface area contributed by atoms with Gasteiger partial charge in [0.25, 0.3) is 0 Å². The highest BCUT2D eigenvalue weighted by Gasteiger charge is 2.25. The molecule has 2 aliphatic heterocycles. The Labute approximate surface area is 207 Å². The third-order valence-electron chi connectivity index (χ3n) is 6.62. The highest BCUT2D eigenvalue weighted by atomic mass is 16.5. The first-order chi connectivity index (χ1) is 16.8. The fourth-order valence-electron chi connectivity index (χ4n) is 4.38. The lowest BCUT2D eigenvalue weighted by molar-refractivity contribution is 0.104. The van der Waals surface area contributed by atoms with Gasteiger partial charge >= 0.3 is 0 Å². The lowest BCUT2D eigenvalue weighted by Gasteiger charge is -2.30. The monoisotopic (exact) mass is 477 g/mol. The van der Waals surface area contributed by atoms with Crippen LogP contribution in [-0.2, 0) is 0 Å². The van der Waals surface area contributed by atoms with E-state index in [-0.39, 0.29) is 17.1 Å². The standard InChI is InChI=1S/C29H35NO5/c1-20-12-15-30(16-13-20)17-18-34-27-19-21(6-9-26(27)33-4)5-8-24(31)22-7-10-25-23(28(22)32)11-14-29(2,3)35-25/h5-11,14,19-20,32H,12-13,15-18H2,1-4H3/b8-5+. The number of hydrogen-bond acceptors (Lipinski definition) is 6. The van der Waals surface area contributed by atoms with E-state index in [1.54, 1.807) is 31.4 Å². The second kappa shape index (κ2) is 10.6. The van der Waals surface area contributed by atoms with Gasteiger partial charge in [-0.3, -0.25) is 9.69 Å². The number of ketones is 1. The van der Waals surface area contributed by atoms with Crippen molar-refractivity contribution in [1.82, 2.24) is 4.90 Å². The Balaban J connectivity index is 1.43. The summed E-state index contributed by atoms with van der Waals surface area (Å²) in [6.07, 6.45) is 9.31. The number of carbonyl (C=O) groups excluding carboxylic acids is 1. The number of benzene rings is 2. The number of carbonyl (C=O) groups is 1. The van der Waals surface area contributed by atoms with E-state index in [2.05, 4.69) is 11.8 Å². The van der Waals surface area contributed by atoms with Gasteiger partial charge in [0.1, 0.15) is 23.7 Å². The van der Waals surface area contributed by atoms with Crippen LogP contribution in [0.4, 0.5) is 0 Å². The van der Waals surface area contributed by atoms with Crippen LogP contribution in [0.5, 0.6) is 23.0 Å². The number of methoxy groups -OCH3 is 1. The second-order valence-corrected chi connectivity index (χ2v) is 9.89. The topological polar surface area (TPSA) is 68.2 Å². The van der Waals surface area contributed by atoms with Crippen LogP contribution in [0.3, 0.4) is 0 Å². The number of rotatable bonds is 8. The van der Waals surface area contributed by atoms with E-state index in [0.29, 0.717) is 29.4 Å². The van der Waals surface area contributed by atoms with Gasteiger partial charge in [0, 0.05) is 6.54 Å². The molecule has 2 heterocycles. The lowest BCUT2D eigenvalue weighted by atomic mass is 9.98. The minimum absolute atomic E-state index is 0.0743. The molecule has 1 saturated heterocycles. The molecule has 186 valence electrons. The van der Waals surface area contributed by atoms with Crippen LogP contribution >= 0.6 is 0 Å². The van der Waals surface area contributed by atoms with Crippen molar-refractivity contribution in [2.24, 2.45) is 5.92 Å². The molecule has 0 bridgehead atoms. The number of phenolic OH excluding ortho intramolecular Hbond substituents is 1. The van der Waals surface area contributed by atoms with Gasteiger partial charge in [-0.1, -0.05) is 19.1 Å². The van der Waals surface area contributed by atoms with E-state index in [1.165, 1.54) is 18.9 Å². The lowest BCUT2D eigenvalue weighted by Crippen LogP contribution is -2.35. The van der Waals surface area contributed by atoms with Crippen molar-refractivity contribution in [3.63, 3.8) is 0 Å². The maximum absolute atomic E-state index is 12.9. The molecule has 6 heteroatoms. The van der Waals surface area contributed by atoms with Gasteiger partial charge in [-0.15, -0.1) is 0 Å². The van der Waals surface area contributed by atoms with E-state index in [4.69, 9.17) is 14.2 Å². The molecular weight excluding hydrogens is 442 g/mol. The molecule has 4 rings (SSSR count). The molecule has 0 atom stereocenters. The molecule has 0 unspecified atom stereocenters. The largest absolute Gasteiger partial charge is 0.506 e. The van der Waals surface area contributed by atoms with Gasteiger partial charge in [0.15, 0.2) is 17.3 Å². The zero-order valence-corrected chi connectivity index (χ0v) is 21.0. The number of fused-ring (bicyclic) bond motifs is 1. The molecule has 0 amide bonds. The molecule has 2 aliphatic rings. The van der Waals surface area contributed by atoms with E-state index in [9.17, 15) is 9.90 Å². The Bertz CT molecular complexity index is 1130. The Kier molecular flexibility index (Phi) is 7.51. The van der Waals surface area contributed by atoms with E-state index < -0.39 is 5.60 Å². The number of allylic oxidation sites excluding steroid dienone is 1. The maximum atomic E-state index is 12.9. The summed E-state index contributed by atoms with van der Waals surface area (Å²) in [5, 5.41) is 10.7. The third-order valence-corrected chi connectivity index (χ3v) is 6.62. The molecule has 6 nitrogen and oxygen atoms in total. The fraction of sp³-hybridized carbons (Fsp3) is 0.414. The summed E-state index contributed by atoms with van der Waals surface area (Å²) >= 11 is 0. The molecule has 0 aromatic heterocycles. The summed E-state index contributed by atoms with van der Waals surface area (Å²) in [6, 6.07) is 8.89. The van der Waals surface area contributed by atoms with Gasteiger partial charge in [0.05, 0.1) is 18.2 Å². The first kappa shape index (κ1) is 24.9. The number of nitrogens with zero attached hydrogens (tertiary/aromatic N) is 1. The van der Waals surface area contributed by atoms with Crippen LogP contribution in [-0.4, -0.2) is 54.7 Å². The molecule has 0 aliphatic carbocycles. The molecule has 35 heavy (non-hydrogen) atoms. The minimum atomic E-state index is -0.453. The number of aromatic hydroxyl groups is 1. The molecule has 0 spiro atoms. The minimum Gasteiger partial charge on any atom is -0.506 e. The maximum Gasteiger partial charge on any atom is 0.189 e. The van der Waals surface area contributed by atoms with Gasteiger partial charge in [-0.05, 0) is 93.8 Å². The first-order valence-electron chi connectivity index (χ1n) is 12.3. The SMILES string of the molecule is COc1ccc(/C=C/C(=O)c2ccc3c(c2O)C=CC(C)(C)O3)cc1OCCN1CCC(C)CC1. The summed E-state index contributed by atoms with van der Waals surface area (Å²) in [4.78, 5) is 15.3. The van der Waals surface area contributed by atoms with E-state index >= 15 is 0 Å².